The summed E-state index contributed by atoms with van der Waals surface area (Å²) in [6, 6.07) is -2.37. The first-order valence-corrected chi connectivity index (χ1v) is 10.5. The van der Waals surface area contributed by atoms with Crippen molar-refractivity contribution in [2.24, 2.45) is 28.9 Å². The molecule has 0 unspecified atom stereocenters. The molecule has 182 valence electrons. The molecule has 14 atom stereocenters. The van der Waals surface area contributed by atoms with Crippen LogP contribution in [0.4, 0.5) is 0 Å². The zero-order valence-corrected chi connectivity index (χ0v) is 17.1. The topological polar surface area (TPSA) is 253 Å². The largest absolute Gasteiger partial charge is 0.394 e. The van der Waals surface area contributed by atoms with Crippen LogP contribution in [0.15, 0.2) is 0 Å². The van der Waals surface area contributed by atoms with Gasteiger partial charge in [-0.15, -0.1) is 0 Å². The Bertz CT molecular complexity index is 590. The van der Waals surface area contributed by atoms with Crippen LogP contribution < -0.4 is 22.9 Å². The van der Waals surface area contributed by atoms with Gasteiger partial charge < -0.3 is 67.8 Å². The second-order valence-corrected chi connectivity index (χ2v) is 8.79. The van der Waals surface area contributed by atoms with E-state index in [9.17, 15) is 30.6 Å². The highest BCUT2D eigenvalue weighted by Gasteiger charge is 2.51. The van der Waals surface area contributed by atoms with Crippen LogP contribution in [0.5, 0.6) is 0 Å². The maximum atomic E-state index is 10.7. The molecule has 14 N–H and O–H groups in total. The molecule has 2 aliphatic carbocycles. The molecule has 1 heterocycles. The summed E-state index contributed by atoms with van der Waals surface area (Å²) in [5, 5.41) is 60.5. The van der Waals surface area contributed by atoms with Crippen molar-refractivity contribution in [3.05, 3.63) is 0 Å². The Morgan fingerprint density at radius 2 is 1.45 bits per heavy atom. The Kier molecular flexibility index (Phi) is 8.24. The van der Waals surface area contributed by atoms with E-state index in [0.29, 0.717) is 0 Å². The molecular weight excluding hydrogens is 416 g/mol. The van der Waals surface area contributed by atoms with E-state index in [4.69, 9.17) is 37.1 Å². The first kappa shape index (κ1) is 25.1. The van der Waals surface area contributed by atoms with E-state index in [0.717, 1.165) is 0 Å². The minimum Gasteiger partial charge on any atom is -0.394 e. The second kappa shape index (κ2) is 10.2. The Balaban J connectivity index is 1.78. The first-order valence-electron chi connectivity index (χ1n) is 10.5. The molecule has 0 aromatic carbocycles. The van der Waals surface area contributed by atoms with Crippen LogP contribution in [0.1, 0.15) is 12.8 Å². The van der Waals surface area contributed by atoms with E-state index in [-0.39, 0.29) is 19.4 Å². The van der Waals surface area contributed by atoms with Gasteiger partial charge in [0.1, 0.15) is 30.5 Å². The van der Waals surface area contributed by atoms with Gasteiger partial charge >= 0.3 is 0 Å². The van der Waals surface area contributed by atoms with Crippen molar-refractivity contribution < 1.29 is 44.8 Å². The number of hydrogen-bond donors (Lipinski definition) is 10. The second-order valence-electron chi connectivity index (χ2n) is 8.79. The molecule has 0 amide bonds. The Labute approximate surface area is 179 Å². The van der Waals surface area contributed by atoms with Gasteiger partial charge in [-0.2, -0.15) is 0 Å². The normalized spacial score (nSPS) is 53.6. The maximum Gasteiger partial charge on any atom is 0.187 e. The van der Waals surface area contributed by atoms with Crippen LogP contribution in [0.25, 0.3) is 0 Å². The number of hydrogen-bond acceptors (Lipinski definition) is 13. The van der Waals surface area contributed by atoms with Gasteiger partial charge in [-0.1, -0.05) is 0 Å². The third kappa shape index (κ3) is 4.89. The summed E-state index contributed by atoms with van der Waals surface area (Å²) in [4.78, 5) is 0. The minimum absolute atomic E-state index is 0.109. The lowest BCUT2D eigenvalue weighted by Gasteiger charge is -2.47. The van der Waals surface area contributed by atoms with Crippen molar-refractivity contribution >= 4 is 0 Å². The third-order valence-corrected chi connectivity index (χ3v) is 6.68. The van der Waals surface area contributed by atoms with Crippen molar-refractivity contribution in [1.82, 2.24) is 0 Å². The van der Waals surface area contributed by atoms with Crippen LogP contribution >= 0.6 is 0 Å². The smallest absolute Gasteiger partial charge is 0.187 e. The van der Waals surface area contributed by atoms with Gasteiger partial charge in [-0.05, 0) is 19.4 Å². The molecule has 13 heteroatoms. The monoisotopic (exact) mass is 452 g/mol. The molecule has 0 aromatic heterocycles. The Morgan fingerprint density at radius 1 is 0.774 bits per heavy atom. The van der Waals surface area contributed by atoms with Gasteiger partial charge in [0.25, 0.3) is 0 Å². The molecule has 31 heavy (non-hydrogen) atoms. The molecule has 1 saturated heterocycles. The lowest BCUT2D eigenvalue weighted by Crippen LogP contribution is -2.67. The van der Waals surface area contributed by atoms with E-state index in [2.05, 4.69) is 0 Å². The van der Waals surface area contributed by atoms with E-state index >= 15 is 0 Å². The van der Waals surface area contributed by atoms with Crippen LogP contribution in [0.3, 0.4) is 0 Å². The average molecular weight is 453 g/mol. The fourth-order valence-corrected chi connectivity index (χ4v) is 4.64. The Morgan fingerprint density at radius 3 is 2.03 bits per heavy atom. The van der Waals surface area contributed by atoms with Gasteiger partial charge in [0, 0.05) is 18.0 Å². The van der Waals surface area contributed by atoms with Gasteiger partial charge in [0.15, 0.2) is 6.29 Å². The van der Waals surface area contributed by atoms with Crippen LogP contribution in [-0.2, 0) is 14.2 Å². The molecule has 0 radical (unpaired) electrons. The van der Waals surface area contributed by atoms with Gasteiger partial charge in [-0.25, -0.2) is 0 Å². The highest BCUT2D eigenvalue weighted by molar-refractivity contribution is 5.02. The van der Waals surface area contributed by atoms with Crippen molar-refractivity contribution in [2.45, 2.75) is 92.2 Å². The van der Waals surface area contributed by atoms with Gasteiger partial charge in [0.2, 0.25) is 0 Å². The predicted molar refractivity (Wildman–Crippen MR) is 105 cm³/mol. The lowest BCUT2D eigenvalue weighted by molar-refractivity contribution is -0.258. The van der Waals surface area contributed by atoms with Crippen molar-refractivity contribution in [1.29, 1.82) is 0 Å². The van der Waals surface area contributed by atoms with E-state index in [1.54, 1.807) is 0 Å². The summed E-state index contributed by atoms with van der Waals surface area (Å²) in [6.07, 6.45) is -11.3. The lowest BCUT2D eigenvalue weighted by atomic mass is 9.79. The highest BCUT2D eigenvalue weighted by Crippen LogP contribution is 2.33. The van der Waals surface area contributed by atoms with Gasteiger partial charge in [-0.3, -0.25) is 0 Å². The molecule has 3 fully saturated rings. The standard InChI is InChI=1S/C18H36N4O9/c19-3-5-1-8(10(22)14(27)11(5)24)29-16-7(21)2-6(20)12(25)17(16)31-18-15(28)13(26)9(4-23)30-18/h5-18,23-28H,1-4,19-22H2/t5-,6-,7+,8+,9-,10+,11-,12+,13-,14-,15-,16-,17-,18+/m1/s1. The fraction of sp³-hybridized carbons (Fsp3) is 1.00. The van der Waals surface area contributed by atoms with Crippen LogP contribution in [-0.4, -0.2) is 123 Å². The van der Waals surface area contributed by atoms with E-state index < -0.39 is 91.9 Å². The first-order chi connectivity index (χ1) is 14.6. The van der Waals surface area contributed by atoms with Crippen molar-refractivity contribution in [3.63, 3.8) is 0 Å². The molecule has 0 spiro atoms. The zero-order chi connectivity index (χ0) is 23.0. The molecule has 3 aliphatic rings. The average Bonchev–Trinajstić information content (AvgIpc) is 3.02. The SMILES string of the molecule is NC[C@H]1C[C@H](O[C@H]2[C@H](O[C@@H]3O[C@H](CO)[C@@H](O)[C@H]3O)[C@@H](O)[C@H](N)C[C@@H]2N)[C@H](N)[C@@H](O)[C@@H]1O. The highest BCUT2D eigenvalue weighted by atomic mass is 16.7. The van der Waals surface area contributed by atoms with Crippen LogP contribution in [0.2, 0.25) is 0 Å². The van der Waals surface area contributed by atoms with Crippen LogP contribution in [0, 0.1) is 5.92 Å². The fourth-order valence-electron chi connectivity index (χ4n) is 4.64. The molecule has 0 aromatic rings. The molecule has 3 rings (SSSR count). The summed E-state index contributed by atoms with van der Waals surface area (Å²) in [5.41, 5.74) is 24.0. The van der Waals surface area contributed by atoms with E-state index in [1.165, 1.54) is 0 Å². The number of aliphatic hydroxyl groups excluding tert-OH is 6. The van der Waals surface area contributed by atoms with Crippen molar-refractivity contribution in [3.8, 4) is 0 Å². The predicted octanol–water partition coefficient (Wildman–Crippen LogP) is -5.99. The molecule has 0 bridgehead atoms. The summed E-state index contributed by atoms with van der Waals surface area (Å²) in [6.45, 7) is -0.431. The summed E-state index contributed by atoms with van der Waals surface area (Å²) in [7, 11) is 0. The molecule has 2 saturated carbocycles. The van der Waals surface area contributed by atoms with Crippen molar-refractivity contribution in [2.75, 3.05) is 13.2 Å². The number of ether oxygens (including phenoxy) is 3. The quantitative estimate of drug-likeness (QED) is 0.180. The van der Waals surface area contributed by atoms with E-state index in [1.807, 2.05) is 0 Å². The summed E-state index contributed by atoms with van der Waals surface area (Å²) in [5.74, 6) is -0.452. The molecule has 1 aliphatic heterocycles. The van der Waals surface area contributed by atoms with Gasteiger partial charge in [0.05, 0.1) is 37.1 Å². The zero-order valence-electron chi connectivity index (χ0n) is 17.1. The minimum atomic E-state index is -1.48. The maximum absolute atomic E-state index is 10.7. The summed E-state index contributed by atoms with van der Waals surface area (Å²) >= 11 is 0. The number of nitrogens with two attached hydrogens (primary N) is 4. The molecule has 13 nitrogen and oxygen atoms in total. The number of rotatable bonds is 6. The summed E-state index contributed by atoms with van der Waals surface area (Å²) < 4.78 is 17.2. The Hall–Kier alpha value is -0.520. The molecular formula is C18H36N4O9. The number of aliphatic hydroxyl groups is 6. The third-order valence-electron chi connectivity index (χ3n) is 6.68.